The predicted molar refractivity (Wildman–Crippen MR) is 102 cm³/mol. The highest BCUT2D eigenvalue weighted by Gasteiger charge is 2.11. The number of fused-ring (bicyclic) bond motifs is 2. The monoisotopic (exact) mass is 351 g/mol. The molecule has 26 heavy (non-hydrogen) atoms. The van der Waals surface area contributed by atoms with Crippen LogP contribution in [0.25, 0.3) is 11.0 Å². The first kappa shape index (κ1) is 16.3. The second-order valence-electron chi connectivity index (χ2n) is 6.19. The molecule has 1 aliphatic heterocycles. The van der Waals surface area contributed by atoms with Crippen LogP contribution >= 0.6 is 0 Å². The molecule has 0 unspecified atom stereocenters. The van der Waals surface area contributed by atoms with Crippen LogP contribution in [0.3, 0.4) is 0 Å². The number of aromatic nitrogens is 2. The standard InChI is InChI=1S/C19H21N5O2/c1-12-4-2-5-14-18(12)24-17(23-14)11-21-19(20)22-13-6-7-15-16(10-13)26-9-3-8-25-15/h2,4-7,10H,3,8-9,11H2,1H3,(H,23,24)(H3,20,21,22). The lowest BCUT2D eigenvalue weighted by atomic mass is 10.2. The summed E-state index contributed by atoms with van der Waals surface area (Å²) in [4.78, 5) is 12.2. The molecule has 7 nitrogen and oxygen atoms in total. The van der Waals surface area contributed by atoms with Crippen molar-refractivity contribution in [2.24, 2.45) is 10.7 Å². The van der Waals surface area contributed by atoms with Gasteiger partial charge in [0.25, 0.3) is 0 Å². The maximum Gasteiger partial charge on any atom is 0.193 e. The number of nitrogens with zero attached hydrogens (tertiary/aromatic N) is 2. The van der Waals surface area contributed by atoms with E-state index in [2.05, 4.69) is 20.3 Å². The lowest BCUT2D eigenvalue weighted by molar-refractivity contribution is 0.297. The van der Waals surface area contributed by atoms with Crippen LogP contribution in [-0.4, -0.2) is 29.1 Å². The third-order valence-corrected chi connectivity index (χ3v) is 4.18. The highest BCUT2D eigenvalue weighted by molar-refractivity contribution is 5.92. The fourth-order valence-electron chi connectivity index (χ4n) is 2.89. The van der Waals surface area contributed by atoms with Gasteiger partial charge < -0.3 is 25.5 Å². The number of nitrogens with one attached hydrogen (secondary N) is 2. The van der Waals surface area contributed by atoms with E-state index < -0.39 is 0 Å². The van der Waals surface area contributed by atoms with E-state index in [-0.39, 0.29) is 0 Å². The highest BCUT2D eigenvalue weighted by Crippen LogP contribution is 2.32. The fraction of sp³-hybridized carbons (Fsp3) is 0.263. The molecule has 0 saturated heterocycles. The van der Waals surface area contributed by atoms with E-state index >= 15 is 0 Å². The van der Waals surface area contributed by atoms with Gasteiger partial charge in [-0.25, -0.2) is 9.98 Å². The molecule has 0 radical (unpaired) electrons. The van der Waals surface area contributed by atoms with Gasteiger partial charge in [0.05, 0.1) is 24.2 Å². The van der Waals surface area contributed by atoms with Gasteiger partial charge in [0.2, 0.25) is 0 Å². The SMILES string of the molecule is Cc1cccc2[nH]c(CN=C(N)Nc3ccc4c(c3)OCCCO4)nc12. The van der Waals surface area contributed by atoms with Crippen molar-refractivity contribution in [3.8, 4) is 11.5 Å². The third kappa shape index (κ3) is 3.42. The van der Waals surface area contributed by atoms with Crippen LogP contribution in [0.4, 0.5) is 5.69 Å². The summed E-state index contributed by atoms with van der Waals surface area (Å²) in [5.41, 5.74) is 9.91. The Labute approximate surface area is 151 Å². The van der Waals surface area contributed by atoms with Crippen molar-refractivity contribution < 1.29 is 9.47 Å². The molecule has 3 aromatic rings. The van der Waals surface area contributed by atoms with E-state index in [1.165, 1.54) is 0 Å². The fourth-order valence-corrected chi connectivity index (χ4v) is 2.89. The number of anilines is 1. The minimum absolute atomic E-state index is 0.316. The topological polar surface area (TPSA) is 97.6 Å². The number of hydrogen-bond acceptors (Lipinski definition) is 4. The molecule has 1 aliphatic rings. The van der Waals surface area contributed by atoms with Crippen molar-refractivity contribution in [3.63, 3.8) is 0 Å². The molecule has 0 saturated carbocycles. The molecule has 2 aromatic carbocycles. The van der Waals surface area contributed by atoms with Gasteiger partial charge in [-0.2, -0.15) is 0 Å². The smallest absolute Gasteiger partial charge is 0.193 e. The van der Waals surface area contributed by atoms with Crippen LogP contribution in [0.15, 0.2) is 41.4 Å². The zero-order chi connectivity index (χ0) is 17.9. The molecule has 0 spiro atoms. The summed E-state index contributed by atoms with van der Waals surface area (Å²) in [6, 6.07) is 11.7. The van der Waals surface area contributed by atoms with Gasteiger partial charge in [-0.3, -0.25) is 0 Å². The van der Waals surface area contributed by atoms with Crippen molar-refractivity contribution in [2.45, 2.75) is 19.9 Å². The van der Waals surface area contributed by atoms with Crippen molar-refractivity contribution in [1.82, 2.24) is 9.97 Å². The number of guanidine groups is 1. The molecule has 0 amide bonds. The summed E-state index contributed by atoms with van der Waals surface area (Å²) in [5, 5.41) is 3.08. The number of H-pyrrole nitrogens is 1. The number of nitrogens with two attached hydrogens (primary N) is 1. The number of rotatable bonds is 3. The molecular weight excluding hydrogens is 330 g/mol. The van der Waals surface area contributed by atoms with E-state index in [9.17, 15) is 0 Å². The molecule has 0 bridgehead atoms. The second kappa shape index (κ2) is 6.95. The molecule has 0 fully saturated rings. The average molecular weight is 351 g/mol. The van der Waals surface area contributed by atoms with E-state index in [1.54, 1.807) is 0 Å². The van der Waals surface area contributed by atoms with Crippen molar-refractivity contribution >= 4 is 22.7 Å². The van der Waals surface area contributed by atoms with Gasteiger partial charge in [-0.05, 0) is 30.7 Å². The number of ether oxygens (including phenoxy) is 2. The van der Waals surface area contributed by atoms with Gasteiger partial charge >= 0.3 is 0 Å². The zero-order valence-corrected chi connectivity index (χ0v) is 14.6. The number of benzene rings is 2. The molecule has 0 aliphatic carbocycles. The third-order valence-electron chi connectivity index (χ3n) is 4.18. The number of para-hydroxylation sites is 1. The van der Waals surface area contributed by atoms with Gasteiger partial charge in [0.1, 0.15) is 12.4 Å². The van der Waals surface area contributed by atoms with Gasteiger partial charge in [0.15, 0.2) is 17.5 Å². The lowest BCUT2D eigenvalue weighted by Crippen LogP contribution is -2.22. The molecule has 1 aromatic heterocycles. The molecule has 7 heteroatoms. The molecule has 2 heterocycles. The molecular formula is C19H21N5O2. The van der Waals surface area contributed by atoms with Crippen LogP contribution in [0, 0.1) is 6.92 Å². The van der Waals surface area contributed by atoms with Crippen LogP contribution in [0.1, 0.15) is 17.8 Å². The molecule has 134 valence electrons. The summed E-state index contributed by atoms with van der Waals surface area (Å²) >= 11 is 0. The average Bonchev–Trinajstić information content (AvgIpc) is 2.92. The Bertz CT molecular complexity index is 964. The Balaban J connectivity index is 1.46. The number of hydrogen-bond donors (Lipinski definition) is 3. The summed E-state index contributed by atoms with van der Waals surface area (Å²) < 4.78 is 11.3. The minimum Gasteiger partial charge on any atom is -0.490 e. The number of aromatic amines is 1. The number of aliphatic imine (C=N–C) groups is 1. The summed E-state index contributed by atoms with van der Waals surface area (Å²) in [6.45, 7) is 3.72. The van der Waals surface area contributed by atoms with Crippen molar-refractivity contribution in [2.75, 3.05) is 18.5 Å². The first-order valence-corrected chi connectivity index (χ1v) is 8.60. The second-order valence-corrected chi connectivity index (χ2v) is 6.19. The highest BCUT2D eigenvalue weighted by atomic mass is 16.5. The van der Waals surface area contributed by atoms with Crippen LogP contribution in [0.2, 0.25) is 0 Å². The Morgan fingerprint density at radius 1 is 1.23 bits per heavy atom. The molecule has 4 rings (SSSR count). The van der Waals surface area contributed by atoms with Crippen LogP contribution < -0.4 is 20.5 Å². The molecule has 4 N–H and O–H groups in total. The first-order valence-electron chi connectivity index (χ1n) is 8.60. The van der Waals surface area contributed by atoms with Crippen LogP contribution in [-0.2, 0) is 6.54 Å². The Morgan fingerprint density at radius 3 is 2.92 bits per heavy atom. The summed E-state index contributed by atoms with van der Waals surface area (Å²) in [5.74, 6) is 2.56. The Hall–Kier alpha value is -3.22. The van der Waals surface area contributed by atoms with Crippen LogP contribution in [0.5, 0.6) is 11.5 Å². The van der Waals surface area contributed by atoms with Gasteiger partial charge in [-0.15, -0.1) is 0 Å². The quantitative estimate of drug-likeness (QED) is 0.498. The first-order chi connectivity index (χ1) is 12.7. The predicted octanol–water partition coefficient (Wildman–Crippen LogP) is 2.96. The van der Waals surface area contributed by atoms with Crippen molar-refractivity contribution in [3.05, 3.63) is 47.8 Å². The normalized spacial score (nSPS) is 14.3. The summed E-state index contributed by atoms with van der Waals surface area (Å²) in [7, 11) is 0. The number of aryl methyl sites for hydroxylation is 1. The van der Waals surface area contributed by atoms with Gasteiger partial charge in [-0.1, -0.05) is 12.1 Å². The largest absolute Gasteiger partial charge is 0.490 e. The minimum atomic E-state index is 0.316. The Kier molecular flexibility index (Phi) is 4.35. The van der Waals surface area contributed by atoms with Crippen molar-refractivity contribution in [1.29, 1.82) is 0 Å². The Morgan fingerprint density at radius 2 is 2.08 bits per heavy atom. The lowest BCUT2D eigenvalue weighted by Gasteiger charge is -2.10. The van der Waals surface area contributed by atoms with E-state index in [0.29, 0.717) is 31.5 Å². The van der Waals surface area contributed by atoms with Gasteiger partial charge in [0, 0.05) is 18.2 Å². The maximum atomic E-state index is 6.01. The maximum absolute atomic E-state index is 6.01. The van der Waals surface area contributed by atoms with E-state index in [4.69, 9.17) is 15.2 Å². The molecule has 0 atom stereocenters. The summed E-state index contributed by atoms with van der Waals surface area (Å²) in [6.07, 6.45) is 0.873. The van der Waals surface area contributed by atoms with E-state index in [1.807, 2.05) is 43.3 Å². The van der Waals surface area contributed by atoms with E-state index in [0.717, 1.165) is 40.3 Å². The number of imidazole rings is 1. The zero-order valence-electron chi connectivity index (χ0n) is 14.6.